The number of thiocarbonyl (C=S) groups is 1. The van der Waals surface area contributed by atoms with E-state index in [0.29, 0.717) is 24.2 Å². The number of methoxy groups -OCH3 is 1. The SMILES string of the molecule is COCCNC(=S)Nc1nc(N2CCCCC2)cc(N2CCc3ccccc3C2)n1. The van der Waals surface area contributed by atoms with Gasteiger partial charge in [-0.2, -0.15) is 9.97 Å². The number of nitrogens with zero attached hydrogens (tertiary/aromatic N) is 4. The Kier molecular flexibility index (Phi) is 6.96. The van der Waals surface area contributed by atoms with Gasteiger partial charge in [0.1, 0.15) is 11.6 Å². The highest BCUT2D eigenvalue weighted by Gasteiger charge is 2.21. The second-order valence-corrected chi connectivity index (χ2v) is 8.18. The average molecular weight is 427 g/mol. The van der Waals surface area contributed by atoms with E-state index in [1.54, 1.807) is 7.11 Å². The van der Waals surface area contributed by atoms with Gasteiger partial charge in [-0.3, -0.25) is 0 Å². The molecule has 7 nitrogen and oxygen atoms in total. The van der Waals surface area contributed by atoms with E-state index in [1.165, 1.54) is 30.4 Å². The van der Waals surface area contributed by atoms with Crippen molar-refractivity contribution < 1.29 is 4.74 Å². The molecular weight excluding hydrogens is 396 g/mol. The Bertz CT molecular complexity index is 870. The molecule has 30 heavy (non-hydrogen) atoms. The first-order valence-corrected chi connectivity index (χ1v) is 11.1. The smallest absolute Gasteiger partial charge is 0.232 e. The van der Waals surface area contributed by atoms with Gasteiger partial charge in [0.25, 0.3) is 0 Å². The molecule has 0 atom stereocenters. The highest BCUT2D eigenvalue weighted by molar-refractivity contribution is 7.80. The van der Waals surface area contributed by atoms with Crippen LogP contribution in [0.4, 0.5) is 17.6 Å². The molecule has 0 unspecified atom stereocenters. The highest BCUT2D eigenvalue weighted by atomic mass is 32.1. The van der Waals surface area contributed by atoms with Gasteiger partial charge in [-0.05, 0) is 49.0 Å². The van der Waals surface area contributed by atoms with Gasteiger partial charge >= 0.3 is 0 Å². The lowest BCUT2D eigenvalue weighted by Crippen LogP contribution is -2.35. The molecule has 0 radical (unpaired) electrons. The summed E-state index contributed by atoms with van der Waals surface area (Å²) in [7, 11) is 1.67. The normalized spacial score (nSPS) is 16.2. The van der Waals surface area contributed by atoms with Gasteiger partial charge in [0.2, 0.25) is 5.95 Å². The summed E-state index contributed by atoms with van der Waals surface area (Å²) in [6, 6.07) is 10.8. The maximum absolute atomic E-state index is 5.42. The predicted octanol–water partition coefficient (Wildman–Crippen LogP) is 2.96. The molecule has 0 saturated carbocycles. The molecule has 160 valence electrons. The van der Waals surface area contributed by atoms with Crippen molar-refractivity contribution in [2.75, 3.05) is 55.0 Å². The number of fused-ring (bicyclic) bond motifs is 1. The Morgan fingerprint density at radius 2 is 1.77 bits per heavy atom. The van der Waals surface area contributed by atoms with E-state index in [9.17, 15) is 0 Å². The second kappa shape index (κ2) is 10.0. The molecule has 1 saturated heterocycles. The van der Waals surface area contributed by atoms with Gasteiger partial charge < -0.3 is 25.2 Å². The Labute approximate surface area is 183 Å². The lowest BCUT2D eigenvalue weighted by atomic mass is 10.00. The van der Waals surface area contributed by atoms with Crippen LogP contribution in [0.5, 0.6) is 0 Å². The number of anilines is 3. The Hall–Kier alpha value is -2.45. The summed E-state index contributed by atoms with van der Waals surface area (Å²) in [5.74, 6) is 2.46. The number of ether oxygens (including phenoxy) is 1. The summed E-state index contributed by atoms with van der Waals surface area (Å²) in [6.07, 6.45) is 4.72. The van der Waals surface area contributed by atoms with Crippen LogP contribution in [0.3, 0.4) is 0 Å². The molecule has 1 fully saturated rings. The van der Waals surface area contributed by atoms with E-state index in [-0.39, 0.29) is 0 Å². The molecule has 1 aromatic heterocycles. The number of nitrogens with one attached hydrogen (secondary N) is 2. The van der Waals surface area contributed by atoms with Gasteiger partial charge in [-0.15, -0.1) is 0 Å². The zero-order chi connectivity index (χ0) is 20.8. The van der Waals surface area contributed by atoms with Gasteiger partial charge in [0.05, 0.1) is 6.61 Å². The van der Waals surface area contributed by atoms with Crippen LogP contribution in [0, 0.1) is 0 Å². The predicted molar refractivity (Wildman–Crippen MR) is 125 cm³/mol. The van der Waals surface area contributed by atoms with Crippen LogP contribution in [0.15, 0.2) is 30.3 Å². The van der Waals surface area contributed by atoms with E-state index in [1.807, 2.05) is 0 Å². The molecule has 1 aromatic carbocycles. The van der Waals surface area contributed by atoms with Crippen LogP contribution in [0.25, 0.3) is 0 Å². The van der Waals surface area contributed by atoms with Crippen LogP contribution in [0.2, 0.25) is 0 Å². The summed E-state index contributed by atoms with van der Waals surface area (Å²) < 4.78 is 5.07. The first-order valence-electron chi connectivity index (χ1n) is 10.7. The quantitative estimate of drug-likeness (QED) is 0.540. The van der Waals surface area contributed by atoms with Crippen molar-refractivity contribution in [2.24, 2.45) is 0 Å². The molecule has 2 aliphatic rings. The molecule has 0 bridgehead atoms. The first kappa shape index (κ1) is 20.8. The van der Waals surface area contributed by atoms with Crippen molar-refractivity contribution in [2.45, 2.75) is 32.2 Å². The fourth-order valence-corrected chi connectivity index (χ4v) is 4.22. The summed E-state index contributed by atoms with van der Waals surface area (Å²) in [6.45, 7) is 5.12. The minimum absolute atomic E-state index is 0.512. The average Bonchev–Trinajstić information content (AvgIpc) is 2.79. The number of rotatable bonds is 6. The molecule has 0 amide bonds. The molecule has 2 aromatic rings. The number of hydrogen-bond acceptors (Lipinski definition) is 6. The Balaban J connectivity index is 1.56. The summed E-state index contributed by atoms with van der Waals surface area (Å²) in [5.41, 5.74) is 2.80. The zero-order valence-corrected chi connectivity index (χ0v) is 18.4. The van der Waals surface area contributed by atoms with Crippen molar-refractivity contribution in [3.05, 3.63) is 41.5 Å². The number of aromatic nitrogens is 2. The molecule has 2 N–H and O–H groups in total. The monoisotopic (exact) mass is 426 g/mol. The van der Waals surface area contributed by atoms with Crippen LogP contribution in [-0.4, -0.2) is 55.0 Å². The lowest BCUT2D eigenvalue weighted by Gasteiger charge is -2.32. The fraction of sp³-hybridized carbons (Fsp3) is 0.500. The zero-order valence-electron chi connectivity index (χ0n) is 17.6. The van der Waals surface area contributed by atoms with E-state index in [2.05, 4.69) is 50.8 Å². The van der Waals surface area contributed by atoms with E-state index in [0.717, 1.165) is 44.2 Å². The summed E-state index contributed by atoms with van der Waals surface area (Å²) in [4.78, 5) is 14.3. The maximum Gasteiger partial charge on any atom is 0.232 e. The lowest BCUT2D eigenvalue weighted by molar-refractivity contribution is 0.204. The number of benzene rings is 1. The van der Waals surface area contributed by atoms with Crippen LogP contribution >= 0.6 is 12.2 Å². The molecule has 3 heterocycles. The highest BCUT2D eigenvalue weighted by Crippen LogP contribution is 2.28. The third-order valence-corrected chi connectivity index (χ3v) is 5.90. The number of hydrogen-bond donors (Lipinski definition) is 2. The minimum Gasteiger partial charge on any atom is -0.383 e. The van der Waals surface area contributed by atoms with Gasteiger partial charge in [-0.25, -0.2) is 0 Å². The molecule has 8 heteroatoms. The van der Waals surface area contributed by atoms with Crippen LogP contribution < -0.4 is 20.4 Å². The van der Waals surface area contributed by atoms with Crippen molar-refractivity contribution in [3.63, 3.8) is 0 Å². The standard InChI is InChI=1S/C22H30N6OS/c1-29-14-10-23-22(30)26-21-24-19(27-11-5-2-6-12-27)15-20(25-21)28-13-9-17-7-3-4-8-18(17)16-28/h3-4,7-8,15H,2,5-6,9-14,16H2,1H3,(H2,23,24,25,26,30). The number of piperidine rings is 1. The van der Waals surface area contributed by atoms with Crippen molar-refractivity contribution in [3.8, 4) is 0 Å². The summed E-state index contributed by atoms with van der Waals surface area (Å²) >= 11 is 5.42. The molecular formula is C22H30N6OS. The molecule has 4 rings (SSSR count). The van der Waals surface area contributed by atoms with Crippen LogP contribution in [0.1, 0.15) is 30.4 Å². The fourth-order valence-electron chi connectivity index (χ4n) is 4.03. The van der Waals surface area contributed by atoms with Crippen molar-refractivity contribution in [1.82, 2.24) is 15.3 Å². The van der Waals surface area contributed by atoms with Gasteiger partial charge in [0.15, 0.2) is 5.11 Å². The third-order valence-electron chi connectivity index (χ3n) is 5.65. The largest absolute Gasteiger partial charge is 0.383 e. The van der Waals surface area contributed by atoms with Crippen LogP contribution in [-0.2, 0) is 17.7 Å². The van der Waals surface area contributed by atoms with E-state index < -0.39 is 0 Å². The molecule has 2 aliphatic heterocycles. The summed E-state index contributed by atoms with van der Waals surface area (Å²) in [5, 5.41) is 6.81. The maximum atomic E-state index is 5.42. The molecule has 0 aliphatic carbocycles. The van der Waals surface area contributed by atoms with Crippen molar-refractivity contribution in [1.29, 1.82) is 0 Å². The van der Waals surface area contributed by atoms with Gasteiger partial charge in [-0.1, -0.05) is 24.3 Å². The topological polar surface area (TPSA) is 65.6 Å². The Morgan fingerprint density at radius 3 is 2.53 bits per heavy atom. The minimum atomic E-state index is 0.512. The second-order valence-electron chi connectivity index (χ2n) is 7.77. The first-order chi connectivity index (χ1) is 14.7. The van der Waals surface area contributed by atoms with E-state index in [4.69, 9.17) is 26.9 Å². The molecule has 0 spiro atoms. The van der Waals surface area contributed by atoms with E-state index >= 15 is 0 Å². The third kappa shape index (κ3) is 5.17. The Morgan fingerprint density at radius 1 is 1.03 bits per heavy atom. The van der Waals surface area contributed by atoms with Gasteiger partial charge in [0, 0.05) is 45.9 Å². The van der Waals surface area contributed by atoms with Crippen molar-refractivity contribution >= 4 is 34.9 Å².